The minimum atomic E-state index is -1.11. The fraction of sp³-hybridized carbons (Fsp3) is 0.579. The summed E-state index contributed by atoms with van der Waals surface area (Å²) in [6, 6.07) is 13.3. The van der Waals surface area contributed by atoms with Gasteiger partial charge in [-0.1, -0.05) is 52.7 Å². The third-order valence-corrected chi connectivity index (χ3v) is 17.2. The average molecular weight is 981 g/mol. The van der Waals surface area contributed by atoms with Gasteiger partial charge in [-0.15, -0.1) is 0 Å². The van der Waals surface area contributed by atoms with Crippen LogP contribution in [0.1, 0.15) is 122 Å². The van der Waals surface area contributed by atoms with Crippen LogP contribution in [0.2, 0.25) is 0 Å². The molecular formula is C57H72N8O7. The number of likely N-dealkylation sites (tertiary alicyclic amines) is 2. The summed E-state index contributed by atoms with van der Waals surface area (Å²) in [7, 11) is 0. The van der Waals surface area contributed by atoms with Crippen LogP contribution in [-0.4, -0.2) is 122 Å². The smallest absolute Gasteiger partial charge is 0.324 e. The number of carbonyl (C=O) groups is 5. The van der Waals surface area contributed by atoms with Crippen molar-refractivity contribution in [2.24, 2.45) is 22.7 Å². The van der Waals surface area contributed by atoms with Gasteiger partial charge >= 0.3 is 5.97 Å². The number of phenolic OH excluding ortho intramolecular Hbond substituents is 1. The van der Waals surface area contributed by atoms with Crippen LogP contribution in [0, 0.1) is 22.7 Å². The van der Waals surface area contributed by atoms with Crippen molar-refractivity contribution in [3.63, 3.8) is 0 Å². The first-order chi connectivity index (χ1) is 34.6. The molecule has 4 saturated heterocycles. The minimum Gasteiger partial charge on any atom is -0.508 e. The first kappa shape index (κ1) is 48.5. The van der Waals surface area contributed by atoms with Gasteiger partial charge in [-0.2, -0.15) is 0 Å². The van der Waals surface area contributed by atoms with Gasteiger partial charge in [-0.3, -0.25) is 39.3 Å². The molecule has 4 N–H and O–H groups in total. The van der Waals surface area contributed by atoms with Crippen LogP contribution < -0.4 is 16.1 Å². The lowest BCUT2D eigenvalue weighted by molar-refractivity contribution is -0.155. The third kappa shape index (κ3) is 9.06. The van der Waals surface area contributed by atoms with E-state index < -0.39 is 40.8 Å². The molecule has 1 spiro atoms. The zero-order chi connectivity index (χ0) is 50.2. The molecule has 11 rings (SSSR count). The molecule has 2 aliphatic carbocycles. The Bertz CT molecular complexity index is 2810. The number of aryl methyl sites for hydroxylation is 1. The van der Waals surface area contributed by atoms with Crippen molar-refractivity contribution in [1.82, 2.24) is 40.4 Å². The molecule has 2 saturated carbocycles. The SMILES string of the molecule is CCn1c(-c2cccnc2C(C)C)c2c3cc(ccc31)-c1cc(O)cc(c1)C[C@H](NC(=O)[C@H](C1CCCC1)N1CC[C@@]3(CCN(C(=O)[C@@H]4N[C@@H]4C4CC4)C3)C1=O)C(=O)N1CCC[C@H](N1)C(=O)OCC(C)(C)C2. The van der Waals surface area contributed by atoms with E-state index in [1.165, 1.54) is 5.01 Å². The first-order valence-corrected chi connectivity index (χ1v) is 27.0. The zero-order valence-corrected chi connectivity index (χ0v) is 42.7. The number of amides is 4. The summed E-state index contributed by atoms with van der Waals surface area (Å²) in [5, 5.41) is 20.6. The van der Waals surface area contributed by atoms with E-state index in [1.807, 2.05) is 23.2 Å². The van der Waals surface area contributed by atoms with Gasteiger partial charge in [0.1, 0.15) is 29.9 Å². The molecule has 15 nitrogen and oxygen atoms in total. The van der Waals surface area contributed by atoms with E-state index in [0.29, 0.717) is 76.3 Å². The second kappa shape index (κ2) is 18.9. The van der Waals surface area contributed by atoms with Crippen LogP contribution in [0.3, 0.4) is 0 Å². The molecule has 0 unspecified atom stereocenters. The third-order valence-electron chi connectivity index (χ3n) is 17.2. The Morgan fingerprint density at radius 1 is 0.944 bits per heavy atom. The van der Waals surface area contributed by atoms with E-state index in [9.17, 15) is 19.5 Å². The Morgan fingerprint density at radius 3 is 2.50 bits per heavy atom. The van der Waals surface area contributed by atoms with Crippen LogP contribution in [0.4, 0.5) is 0 Å². The molecule has 6 atom stereocenters. The summed E-state index contributed by atoms with van der Waals surface area (Å²) >= 11 is 0. The normalized spacial score (nSPS) is 27.2. The summed E-state index contributed by atoms with van der Waals surface area (Å²) in [5.74, 6) is -0.546. The maximum atomic E-state index is 15.2. The molecule has 2 aromatic carbocycles. The van der Waals surface area contributed by atoms with Gasteiger partial charge in [-0.25, -0.2) is 5.43 Å². The van der Waals surface area contributed by atoms with E-state index >= 15 is 9.59 Å². The monoisotopic (exact) mass is 981 g/mol. The number of hydrogen-bond acceptors (Lipinski definition) is 10. The number of aromatic nitrogens is 2. The highest BCUT2D eigenvalue weighted by Crippen LogP contribution is 2.47. The molecule has 382 valence electrons. The molecule has 6 fully saturated rings. The molecule has 0 radical (unpaired) electrons. The van der Waals surface area contributed by atoms with Gasteiger partial charge in [-0.05, 0) is 141 Å². The van der Waals surface area contributed by atoms with Gasteiger partial charge in [0.25, 0.3) is 5.91 Å². The topological polar surface area (TPSA) is 188 Å². The summed E-state index contributed by atoms with van der Waals surface area (Å²) in [6.45, 7) is 13.1. The molecule has 2 aromatic heterocycles. The van der Waals surface area contributed by atoms with Crippen molar-refractivity contribution in [2.45, 2.75) is 154 Å². The summed E-state index contributed by atoms with van der Waals surface area (Å²) < 4.78 is 8.53. The Kier molecular flexibility index (Phi) is 12.7. The van der Waals surface area contributed by atoms with E-state index in [-0.39, 0.29) is 60.4 Å². The molecule has 7 aliphatic rings. The standard InChI is InChI=1S/C57H72N8O7/c1-6-63-45-18-17-37-29-41(45)42(50(63)40-13-9-21-58-46(40)33(2)3)30-56(4,5)32-72-54(70)43-14-10-22-65(61-43)52(68)44(27-34-25-38(37)28-39(66)26-34)59-51(67)49(36-11-7-8-12-36)64-24-20-57(55(64)71)19-23-62(31-57)53(69)48-47(60-48)35-15-16-35/h9,13,17-18,21,25-26,28-29,33,35-36,43-44,47-49,60-61,66H,6-8,10-12,14-16,19-20,22-24,27,30-32H2,1-5H3,(H,59,67)/t43-,44-,47+,48+,49-,57+/m0/s1. The predicted octanol–water partition coefficient (Wildman–Crippen LogP) is 6.63. The minimum absolute atomic E-state index is 0.0277. The largest absolute Gasteiger partial charge is 0.508 e. The predicted molar refractivity (Wildman–Crippen MR) is 273 cm³/mol. The number of nitrogens with zero attached hydrogens (tertiary/aromatic N) is 5. The molecular weight excluding hydrogens is 909 g/mol. The Hall–Kier alpha value is -5.80. The average Bonchev–Trinajstić information content (AvgIpc) is 4.20. The van der Waals surface area contributed by atoms with E-state index in [0.717, 1.165) is 83.1 Å². The lowest BCUT2D eigenvalue weighted by Gasteiger charge is -2.37. The molecule has 15 heteroatoms. The van der Waals surface area contributed by atoms with Crippen molar-refractivity contribution < 1.29 is 33.8 Å². The second-order valence-corrected chi connectivity index (χ2v) is 23.3. The fourth-order valence-corrected chi connectivity index (χ4v) is 13.2. The number of nitrogens with one attached hydrogen (secondary N) is 3. The van der Waals surface area contributed by atoms with Gasteiger partial charge < -0.3 is 29.5 Å². The number of ether oxygens (including phenoxy) is 1. The number of rotatable bonds is 9. The van der Waals surface area contributed by atoms with E-state index in [1.54, 1.807) is 17.0 Å². The van der Waals surface area contributed by atoms with Gasteiger partial charge in [0, 0.05) is 73.3 Å². The highest BCUT2D eigenvalue weighted by Gasteiger charge is 2.58. The molecule has 72 heavy (non-hydrogen) atoms. The zero-order valence-electron chi connectivity index (χ0n) is 42.7. The van der Waals surface area contributed by atoms with E-state index in [2.05, 4.69) is 79.5 Å². The maximum Gasteiger partial charge on any atom is 0.324 e. The van der Waals surface area contributed by atoms with Gasteiger partial charge in [0.2, 0.25) is 17.7 Å². The number of fused-ring (bicyclic) bond motifs is 6. The van der Waals surface area contributed by atoms with Crippen molar-refractivity contribution >= 4 is 40.5 Å². The Morgan fingerprint density at radius 2 is 1.74 bits per heavy atom. The quantitative estimate of drug-likeness (QED) is 0.105. The number of cyclic esters (lactones) is 1. The lowest BCUT2D eigenvalue weighted by atomic mass is 9.83. The van der Waals surface area contributed by atoms with Crippen molar-refractivity contribution in [3.05, 3.63) is 71.5 Å². The number of esters is 1. The molecule has 7 heterocycles. The number of aromatic hydroxyl groups is 1. The number of benzene rings is 2. The summed E-state index contributed by atoms with van der Waals surface area (Å²) in [6.07, 6.45) is 10.4. The number of hydrazine groups is 1. The van der Waals surface area contributed by atoms with E-state index in [4.69, 9.17) is 9.72 Å². The summed E-state index contributed by atoms with van der Waals surface area (Å²) in [4.78, 5) is 81.2. The lowest BCUT2D eigenvalue weighted by Crippen LogP contribution is -2.62. The number of hydrogen-bond donors (Lipinski definition) is 4. The highest BCUT2D eigenvalue weighted by molar-refractivity contribution is 5.97. The van der Waals surface area contributed by atoms with Crippen LogP contribution in [-0.2, 0) is 48.1 Å². The Balaban J connectivity index is 0.941. The van der Waals surface area contributed by atoms with Crippen molar-refractivity contribution in [2.75, 3.05) is 32.8 Å². The molecule has 4 amide bonds. The van der Waals surface area contributed by atoms with Gasteiger partial charge in [0.05, 0.1) is 23.4 Å². The molecule has 4 aromatic rings. The summed E-state index contributed by atoms with van der Waals surface area (Å²) in [5.41, 5.74) is 9.57. The number of pyridine rings is 1. The highest BCUT2D eigenvalue weighted by atomic mass is 16.5. The van der Waals surface area contributed by atoms with Crippen LogP contribution in [0.15, 0.2) is 54.7 Å². The number of carbonyl (C=O) groups excluding carboxylic acids is 5. The van der Waals surface area contributed by atoms with Crippen LogP contribution in [0.25, 0.3) is 33.3 Å². The maximum absolute atomic E-state index is 15.2. The molecule has 6 bridgehead atoms. The Labute approximate surface area is 422 Å². The van der Waals surface area contributed by atoms with Crippen molar-refractivity contribution in [3.8, 4) is 28.1 Å². The first-order valence-electron chi connectivity index (χ1n) is 27.0. The van der Waals surface area contributed by atoms with Gasteiger partial charge in [0.15, 0.2) is 0 Å². The molecule has 5 aliphatic heterocycles. The number of phenols is 1. The fourth-order valence-electron chi connectivity index (χ4n) is 13.2. The van der Waals surface area contributed by atoms with Crippen LogP contribution in [0.5, 0.6) is 5.75 Å². The van der Waals surface area contributed by atoms with Crippen molar-refractivity contribution in [1.29, 1.82) is 0 Å². The van der Waals surface area contributed by atoms with Crippen LogP contribution >= 0.6 is 0 Å². The second-order valence-electron chi connectivity index (χ2n) is 23.3.